The lowest BCUT2D eigenvalue weighted by Gasteiger charge is -2.32. The van der Waals surface area contributed by atoms with Crippen molar-refractivity contribution in [1.29, 1.82) is 0 Å². The number of aromatic nitrogens is 4. The highest BCUT2D eigenvalue weighted by atomic mass is 16.2. The summed E-state index contributed by atoms with van der Waals surface area (Å²) in [4.78, 5) is 51.5. The minimum absolute atomic E-state index is 0.188. The molecule has 150 valence electrons. The van der Waals surface area contributed by atoms with E-state index in [9.17, 15) is 14.4 Å². The first-order valence-electron chi connectivity index (χ1n) is 9.86. The number of piperidine rings is 1. The Kier molecular flexibility index (Phi) is 4.39. The number of nitrogens with one attached hydrogen (secondary N) is 1. The van der Waals surface area contributed by atoms with Crippen molar-refractivity contribution in [3.8, 4) is 0 Å². The number of carbonyl (C=O) groups is 1. The Morgan fingerprint density at radius 3 is 2.47 bits per heavy atom. The average Bonchev–Trinajstić information content (AvgIpc) is 2.79. The predicted molar refractivity (Wildman–Crippen MR) is 113 cm³/mol. The number of H-pyrrole nitrogens is 1. The monoisotopic (exact) mass is 401 g/mol. The fraction of sp³-hybridized carbons (Fsp3) is 0.227. The highest BCUT2D eigenvalue weighted by molar-refractivity contribution is 5.93. The molecule has 1 N–H and O–H groups in total. The minimum atomic E-state index is -0.413. The van der Waals surface area contributed by atoms with Crippen LogP contribution >= 0.6 is 0 Å². The Labute approximate surface area is 170 Å². The fourth-order valence-corrected chi connectivity index (χ4v) is 4.06. The summed E-state index contributed by atoms with van der Waals surface area (Å²) in [6, 6.07) is 14.1. The lowest BCUT2D eigenvalue weighted by Crippen LogP contribution is -2.45. The van der Waals surface area contributed by atoms with E-state index in [0.717, 1.165) is 5.52 Å². The van der Waals surface area contributed by atoms with Crippen LogP contribution in [0.25, 0.3) is 21.9 Å². The topological polar surface area (TPSA) is 101 Å². The Morgan fingerprint density at radius 2 is 1.67 bits per heavy atom. The van der Waals surface area contributed by atoms with Gasteiger partial charge in [0.05, 0.1) is 28.1 Å². The molecule has 30 heavy (non-hydrogen) atoms. The molecule has 0 bridgehead atoms. The Morgan fingerprint density at radius 1 is 0.967 bits per heavy atom. The fourth-order valence-electron chi connectivity index (χ4n) is 4.06. The van der Waals surface area contributed by atoms with Gasteiger partial charge in [-0.1, -0.05) is 24.3 Å². The van der Waals surface area contributed by atoms with E-state index in [0.29, 0.717) is 48.0 Å². The number of likely N-dealkylation sites (tertiary alicyclic amines) is 1. The van der Waals surface area contributed by atoms with Crippen LogP contribution in [0.3, 0.4) is 0 Å². The maximum absolute atomic E-state index is 12.9. The third kappa shape index (κ3) is 3.06. The van der Waals surface area contributed by atoms with E-state index < -0.39 is 5.69 Å². The van der Waals surface area contributed by atoms with Gasteiger partial charge in [0.15, 0.2) is 0 Å². The second-order valence-electron chi connectivity index (χ2n) is 7.42. The second-order valence-corrected chi connectivity index (χ2v) is 7.42. The molecular formula is C22H19N5O3. The van der Waals surface area contributed by atoms with Crippen molar-refractivity contribution in [1.82, 2.24) is 24.4 Å². The number of nitrogens with zero attached hydrogens (tertiary/aromatic N) is 4. The molecule has 1 fully saturated rings. The van der Waals surface area contributed by atoms with Gasteiger partial charge in [-0.3, -0.25) is 19.1 Å². The lowest BCUT2D eigenvalue weighted by molar-refractivity contribution is 0.0686. The van der Waals surface area contributed by atoms with E-state index in [1.54, 1.807) is 29.2 Å². The summed E-state index contributed by atoms with van der Waals surface area (Å²) >= 11 is 0. The van der Waals surface area contributed by atoms with Crippen LogP contribution in [0.5, 0.6) is 0 Å². The van der Waals surface area contributed by atoms with Crippen molar-refractivity contribution in [3.05, 3.63) is 81.3 Å². The number of fused-ring (bicyclic) bond motifs is 2. The van der Waals surface area contributed by atoms with Gasteiger partial charge in [-0.15, -0.1) is 0 Å². The Bertz CT molecular complexity index is 1380. The number of aromatic amines is 1. The molecule has 8 heteroatoms. The summed E-state index contributed by atoms with van der Waals surface area (Å²) in [6.07, 6.45) is 2.54. The van der Waals surface area contributed by atoms with Crippen LogP contribution in [0.15, 0.2) is 64.3 Å². The van der Waals surface area contributed by atoms with Crippen LogP contribution in [0.4, 0.5) is 0 Å². The van der Waals surface area contributed by atoms with Gasteiger partial charge >= 0.3 is 5.69 Å². The van der Waals surface area contributed by atoms with Crippen LogP contribution in [0.1, 0.15) is 29.4 Å². The van der Waals surface area contributed by atoms with Crippen molar-refractivity contribution < 1.29 is 4.79 Å². The predicted octanol–water partition coefficient (Wildman–Crippen LogP) is 2.11. The van der Waals surface area contributed by atoms with Crippen molar-refractivity contribution >= 4 is 27.8 Å². The van der Waals surface area contributed by atoms with Crippen molar-refractivity contribution in [2.45, 2.75) is 18.9 Å². The van der Waals surface area contributed by atoms with Crippen LogP contribution in [0, 0.1) is 0 Å². The van der Waals surface area contributed by atoms with Gasteiger partial charge in [-0.2, -0.15) is 0 Å². The first-order chi connectivity index (χ1) is 14.6. The summed E-state index contributed by atoms with van der Waals surface area (Å²) in [5, 5.41) is 0.488. The number of hydrogen-bond acceptors (Lipinski definition) is 5. The van der Waals surface area contributed by atoms with E-state index in [2.05, 4.69) is 15.0 Å². The zero-order valence-electron chi connectivity index (χ0n) is 16.1. The van der Waals surface area contributed by atoms with E-state index >= 15 is 0 Å². The normalized spacial score (nSPS) is 15.0. The summed E-state index contributed by atoms with van der Waals surface area (Å²) in [5.74, 6) is -0.188. The standard InChI is InChI=1S/C22H19N5O3/c28-20-15-5-1-2-6-16(15)25-22(30)27(20)14-9-11-26(12-10-14)21(29)19-13-23-17-7-3-4-8-18(17)24-19/h1-8,13-14H,9-12H2,(H,25,30). The van der Waals surface area contributed by atoms with Gasteiger partial charge in [0.2, 0.25) is 0 Å². The molecule has 5 rings (SSSR count). The SMILES string of the molecule is O=C(c1cnc2ccccc2n1)N1CCC(n2c(=O)[nH]c3ccccc3c2=O)CC1. The molecule has 1 saturated heterocycles. The zero-order chi connectivity index (χ0) is 20.7. The van der Waals surface area contributed by atoms with Gasteiger partial charge in [0.25, 0.3) is 11.5 Å². The average molecular weight is 401 g/mol. The van der Waals surface area contributed by atoms with Crippen LogP contribution in [-0.4, -0.2) is 43.4 Å². The molecule has 0 radical (unpaired) electrons. The van der Waals surface area contributed by atoms with E-state index in [-0.39, 0.29) is 17.5 Å². The van der Waals surface area contributed by atoms with Crippen LogP contribution < -0.4 is 11.2 Å². The molecule has 2 aromatic carbocycles. The third-order valence-corrected chi connectivity index (χ3v) is 5.62. The molecule has 0 atom stereocenters. The molecule has 0 aliphatic carbocycles. The van der Waals surface area contributed by atoms with Gasteiger partial charge in [0.1, 0.15) is 5.69 Å². The minimum Gasteiger partial charge on any atom is -0.337 e. The molecule has 0 unspecified atom stereocenters. The number of rotatable bonds is 2. The van der Waals surface area contributed by atoms with Crippen LogP contribution in [-0.2, 0) is 0 Å². The maximum Gasteiger partial charge on any atom is 0.329 e. The quantitative estimate of drug-likeness (QED) is 0.554. The van der Waals surface area contributed by atoms with Crippen molar-refractivity contribution in [3.63, 3.8) is 0 Å². The van der Waals surface area contributed by atoms with Gasteiger partial charge < -0.3 is 9.88 Å². The molecule has 4 aromatic rings. The van der Waals surface area contributed by atoms with Gasteiger partial charge in [-0.25, -0.2) is 9.78 Å². The highest BCUT2D eigenvalue weighted by Gasteiger charge is 2.27. The number of hydrogen-bond donors (Lipinski definition) is 1. The molecule has 1 amide bonds. The Balaban J connectivity index is 1.37. The van der Waals surface area contributed by atoms with Gasteiger partial charge in [-0.05, 0) is 37.1 Å². The van der Waals surface area contributed by atoms with Gasteiger partial charge in [0, 0.05) is 19.1 Å². The number of benzene rings is 2. The second kappa shape index (κ2) is 7.22. The molecule has 0 spiro atoms. The van der Waals surface area contributed by atoms with Crippen LogP contribution in [0.2, 0.25) is 0 Å². The van der Waals surface area contributed by atoms with E-state index in [4.69, 9.17) is 0 Å². The number of para-hydroxylation sites is 3. The summed E-state index contributed by atoms with van der Waals surface area (Å²) in [5.41, 5.74) is 1.54. The van der Waals surface area contributed by atoms with E-state index in [1.165, 1.54) is 10.8 Å². The smallest absolute Gasteiger partial charge is 0.329 e. The lowest BCUT2D eigenvalue weighted by atomic mass is 10.0. The maximum atomic E-state index is 12.9. The Hall–Kier alpha value is -3.81. The summed E-state index contributed by atoms with van der Waals surface area (Å²) in [6.45, 7) is 0.882. The van der Waals surface area contributed by atoms with E-state index in [1.807, 2.05) is 24.3 Å². The summed E-state index contributed by atoms with van der Waals surface area (Å²) < 4.78 is 1.29. The zero-order valence-corrected chi connectivity index (χ0v) is 16.1. The molecule has 2 aromatic heterocycles. The largest absolute Gasteiger partial charge is 0.337 e. The van der Waals surface area contributed by atoms with Crippen molar-refractivity contribution in [2.75, 3.05) is 13.1 Å². The van der Waals surface area contributed by atoms with Crippen molar-refractivity contribution in [2.24, 2.45) is 0 Å². The first kappa shape index (κ1) is 18.2. The molecule has 1 aliphatic rings. The molecular weight excluding hydrogens is 382 g/mol. The molecule has 8 nitrogen and oxygen atoms in total. The molecule has 1 aliphatic heterocycles. The summed E-state index contributed by atoms with van der Waals surface area (Å²) in [7, 11) is 0. The number of carbonyl (C=O) groups excluding carboxylic acids is 1. The third-order valence-electron chi connectivity index (χ3n) is 5.62. The first-order valence-corrected chi connectivity index (χ1v) is 9.86. The molecule has 3 heterocycles. The molecule has 0 saturated carbocycles. The number of amides is 1. The highest BCUT2D eigenvalue weighted by Crippen LogP contribution is 2.22.